The minimum absolute atomic E-state index is 0.0759. The molecule has 1 aliphatic rings. The van der Waals surface area contributed by atoms with Gasteiger partial charge in [0.2, 0.25) is 0 Å². The fraction of sp³-hybridized carbons (Fsp3) is 0.316. The van der Waals surface area contributed by atoms with Crippen LogP contribution < -0.4 is 14.8 Å². The smallest absolute Gasteiger partial charge is 0.251 e. The molecule has 0 unspecified atom stereocenters. The van der Waals surface area contributed by atoms with Gasteiger partial charge in [0.1, 0.15) is 12.7 Å². The Morgan fingerprint density at radius 2 is 1.78 bits per heavy atom. The Hall–Kier alpha value is -2.49. The standard InChI is InChI=1S/C19H21NO3/c1-12-8-14(3)16(9-13(12)2)19(21)20-10-15-11-22-17-6-4-5-7-18(17)23-15/h4-9,15H,10-11H2,1-3H3,(H,20,21)/t15-/m0/s1. The molecule has 0 radical (unpaired) electrons. The number of hydrogen-bond donors (Lipinski definition) is 1. The fourth-order valence-electron chi connectivity index (χ4n) is 2.67. The second-order valence-electron chi connectivity index (χ2n) is 5.96. The van der Waals surface area contributed by atoms with E-state index in [1.807, 2.05) is 50.2 Å². The van der Waals surface area contributed by atoms with Crippen molar-refractivity contribution in [3.05, 3.63) is 58.7 Å². The van der Waals surface area contributed by atoms with E-state index in [2.05, 4.69) is 12.2 Å². The summed E-state index contributed by atoms with van der Waals surface area (Å²) in [6.45, 7) is 6.87. The summed E-state index contributed by atoms with van der Waals surface area (Å²) in [6.07, 6.45) is -0.180. The normalized spacial score (nSPS) is 16.0. The lowest BCUT2D eigenvalue weighted by Gasteiger charge is -2.26. The molecule has 23 heavy (non-hydrogen) atoms. The van der Waals surface area contributed by atoms with E-state index in [-0.39, 0.29) is 12.0 Å². The number of nitrogens with one attached hydrogen (secondary N) is 1. The molecule has 4 heteroatoms. The second-order valence-corrected chi connectivity index (χ2v) is 5.96. The quantitative estimate of drug-likeness (QED) is 0.947. The second kappa shape index (κ2) is 6.32. The topological polar surface area (TPSA) is 47.6 Å². The molecule has 1 aliphatic heterocycles. The van der Waals surface area contributed by atoms with Crippen LogP contribution in [0.15, 0.2) is 36.4 Å². The van der Waals surface area contributed by atoms with Crippen LogP contribution >= 0.6 is 0 Å². The summed E-state index contributed by atoms with van der Waals surface area (Å²) in [5.41, 5.74) is 4.01. The molecular weight excluding hydrogens is 290 g/mol. The van der Waals surface area contributed by atoms with E-state index in [0.29, 0.717) is 18.7 Å². The maximum absolute atomic E-state index is 12.4. The molecule has 1 atom stereocenters. The molecule has 1 N–H and O–H groups in total. The molecule has 0 spiro atoms. The van der Waals surface area contributed by atoms with Crippen molar-refractivity contribution in [2.75, 3.05) is 13.2 Å². The maximum Gasteiger partial charge on any atom is 0.251 e. The Morgan fingerprint density at radius 1 is 1.09 bits per heavy atom. The number of hydrogen-bond acceptors (Lipinski definition) is 3. The first-order chi connectivity index (χ1) is 11.0. The van der Waals surface area contributed by atoms with Crippen molar-refractivity contribution < 1.29 is 14.3 Å². The highest BCUT2D eigenvalue weighted by atomic mass is 16.6. The van der Waals surface area contributed by atoms with Crippen molar-refractivity contribution in [1.82, 2.24) is 5.32 Å². The molecule has 0 aromatic heterocycles. The van der Waals surface area contributed by atoms with Gasteiger partial charge in [-0.1, -0.05) is 18.2 Å². The van der Waals surface area contributed by atoms with Gasteiger partial charge in [0.05, 0.1) is 6.54 Å². The summed E-state index contributed by atoms with van der Waals surface area (Å²) in [5, 5.41) is 2.94. The van der Waals surface area contributed by atoms with E-state index in [4.69, 9.17) is 9.47 Å². The molecule has 120 valence electrons. The molecule has 0 saturated carbocycles. The average molecular weight is 311 g/mol. The van der Waals surface area contributed by atoms with Crippen LogP contribution in [-0.4, -0.2) is 25.2 Å². The van der Waals surface area contributed by atoms with E-state index in [0.717, 1.165) is 22.6 Å². The number of rotatable bonds is 3. The Labute approximate surface area is 136 Å². The third kappa shape index (κ3) is 3.31. The van der Waals surface area contributed by atoms with Crippen molar-refractivity contribution in [2.24, 2.45) is 0 Å². The van der Waals surface area contributed by atoms with Gasteiger partial charge in [-0.15, -0.1) is 0 Å². The van der Waals surface area contributed by atoms with E-state index in [1.165, 1.54) is 5.56 Å². The average Bonchev–Trinajstić information content (AvgIpc) is 2.55. The minimum Gasteiger partial charge on any atom is -0.486 e. The van der Waals surface area contributed by atoms with E-state index >= 15 is 0 Å². The monoisotopic (exact) mass is 311 g/mol. The molecule has 4 nitrogen and oxygen atoms in total. The summed E-state index contributed by atoms with van der Waals surface area (Å²) in [5.74, 6) is 1.40. The van der Waals surface area contributed by atoms with E-state index < -0.39 is 0 Å². The zero-order valence-corrected chi connectivity index (χ0v) is 13.7. The molecular formula is C19H21NO3. The van der Waals surface area contributed by atoms with Crippen LogP contribution in [0.1, 0.15) is 27.0 Å². The van der Waals surface area contributed by atoms with Crippen molar-refractivity contribution in [3.8, 4) is 11.5 Å². The van der Waals surface area contributed by atoms with Crippen LogP contribution in [0.2, 0.25) is 0 Å². The van der Waals surface area contributed by atoms with Gasteiger partial charge in [-0.2, -0.15) is 0 Å². The predicted molar refractivity (Wildman–Crippen MR) is 89.3 cm³/mol. The van der Waals surface area contributed by atoms with Crippen LogP contribution in [-0.2, 0) is 0 Å². The van der Waals surface area contributed by atoms with Crippen LogP contribution in [0.4, 0.5) is 0 Å². The lowest BCUT2D eigenvalue weighted by Crippen LogP contribution is -2.40. The van der Waals surface area contributed by atoms with Crippen LogP contribution in [0.3, 0.4) is 0 Å². The van der Waals surface area contributed by atoms with Crippen LogP contribution in [0, 0.1) is 20.8 Å². The molecule has 0 fully saturated rings. The number of benzene rings is 2. The lowest BCUT2D eigenvalue weighted by atomic mass is 10.0. The zero-order chi connectivity index (χ0) is 16.4. The summed E-state index contributed by atoms with van der Waals surface area (Å²) in [4.78, 5) is 12.4. The Bertz CT molecular complexity index is 739. The molecule has 0 saturated heterocycles. The molecule has 0 aliphatic carbocycles. The Balaban J connectivity index is 1.63. The predicted octanol–water partition coefficient (Wildman–Crippen LogP) is 3.18. The summed E-state index contributed by atoms with van der Waals surface area (Å²) >= 11 is 0. The third-order valence-corrected chi connectivity index (χ3v) is 4.14. The molecule has 2 aromatic rings. The first kappa shape index (κ1) is 15.4. The van der Waals surface area contributed by atoms with Gasteiger partial charge in [0.25, 0.3) is 5.91 Å². The zero-order valence-electron chi connectivity index (χ0n) is 13.7. The number of para-hydroxylation sites is 2. The number of ether oxygens (including phenoxy) is 2. The Kier molecular flexibility index (Phi) is 4.24. The van der Waals surface area contributed by atoms with Crippen molar-refractivity contribution in [2.45, 2.75) is 26.9 Å². The Morgan fingerprint density at radius 3 is 2.57 bits per heavy atom. The van der Waals surface area contributed by atoms with Gasteiger partial charge < -0.3 is 14.8 Å². The van der Waals surface area contributed by atoms with Gasteiger partial charge in [-0.05, 0) is 55.7 Å². The van der Waals surface area contributed by atoms with Crippen molar-refractivity contribution in [3.63, 3.8) is 0 Å². The van der Waals surface area contributed by atoms with Gasteiger partial charge in [-0.25, -0.2) is 0 Å². The molecule has 1 heterocycles. The highest BCUT2D eigenvalue weighted by Crippen LogP contribution is 2.30. The highest BCUT2D eigenvalue weighted by molar-refractivity contribution is 5.96. The fourth-order valence-corrected chi connectivity index (χ4v) is 2.67. The van der Waals surface area contributed by atoms with E-state index in [9.17, 15) is 4.79 Å². The molecule has 0 bridgehead atoms. The largest absolute Gasteiger partial charge is 0.486 e. The van der Waals surface area contributed by atoms with Gasteiger partial charge in [0, 0.05) is 5.56 Å². The summed E-state index contributed by atoms with van der Waals surface area (Å²) in [7, 11) is 0. The van der Waals surface area contributed by atoms with Gasteiger partial charge in [-0.3, -0.25) is 4.79 Å². The molecule has 2 aromatic carbocycles. The first-order valence-corrected chi connectivity index (χ1v) is 7.79. The number of carbonyl (C=O) groups is 1. The number of amides is 1. The lowest BCUT2D eigenvalue weighted by molar-refractivity contribution is 0.0789. The minimum atomic E-state index is -0.180. The van der Waals surface area contributed by atoms with Gasteiger partial charge >= 0.3 is 0 Å². The van der Waals surface area contributed by atoms with Crippen molar-refractivity contribution >= 4 is 5.91 Å². The van der Waals surface area contributed by atoms with Gasteiger partial charge in [0.15, 0.2) is 11.5 Å². The molecule has 1 amide bonds. The maximum atomic E-state index is 12.4. The van der Waals surface area contributed by atoms with Crippen molar-refractivity contribution in [1.29, 1.82) is 0 Å². The number of aryl methyl sites for hydroxylation is 3. The number of carbonyl (C=O) groups excluding carboxylic acids is 1. The van der Waals surface area contributed by atoms with Crippen LogP contribution in [0.5, 0.6) is 11.5 Å². The summed E-state index contributed by atoms with van der Waals surface area (Å²) < 4.78 is 11.5. The highest BCUT2D eigenvalue weighted by Gasteiger charge is 2.21. The van der Waals surface area contributed by atoms with E-state index in [1.54, 1.807) is 0 Å². The van der Waals surface area contributed by atoms with Crippen LogP contribution in [0.25, 0.3) is 0 Å². The summed E-state index contributed by atoms with van der Waals surface area (Å²) in [6, 6.07) is 11.5. The third-order valence-electron chi connectivity index (χ3n) is 4.14. The molecule has 3 rings (SSSR count). The SMILES string of the molecule is Cc1cc(C)c(C(=O)NC[C@H]2COc3ccccc3O2)cc1C. The first-order valence-electron chi connectivity index (χ1n) is 7.79. The number of fused-ring (bicyclic) bond motifs is 1.